The van der Waals surface area contributed by atoms with Gasteiger partial charge in [-0.3, -0.25) is 4.99 Å². The highest BCUT2D eigenvalue weighted by atomic mass is 127. The van der Waals surface area contributed by atoms with Crippen LogP contribution in [0.15, 0.2) is 4.99 Å². The fourth-order valence-corrected chi connectivity index (χ4v) is 3.60. The maximum Gasteiger partial charge on any atom is 0.410 e. The molecule has 2 N–H and O–H groups in total. The normalized spacial score (nSPS) is 20.0. The van der Waals surface area contributed by atoms with Crippen molar-refractivity contribution < 1.29 is 9.53 Å². The number of rotatable bonds is 5. The van der Waals surface area contributed by atoms with Gasteiger partial charge in [-0.1, -0.05) is 13.8 Å². The molecule has 2 fully saturated rings. The van der Waals surface area contributed by atoms with Crippen LogP contribution in [-0.2, 0) is 4.74 Å². The molecule has 2 aliphatic rings. The Labute approximate surface area is 194 Å². The van der Waals surface area contributed by atoms with Crippen molar-refractivity contribution >= 4 is 36.0 Å². The highest BCUT2D eigenvalue weighted by Gasteiger charge is 2.26. The predicted molar refractivity (Wildman–Crippen MR) is 130 cm³/mol. The van der Waals surface area contributed by atoms with E-state index in [0.717, 1.165) is 12.5 Å². The van der Waals surface area contributed by atoms with Crippen LogP contribution in [0.25, 0.3) is 0 Å². The topological polar surface area (TPSA) is 74.4 Å². The van der Waals surface area contributed by atoms with Crippen molar-refractivity contribution in [1.29, 1.82) is 0 Å². The molecule has 0 aromatic rings. The first-order valence-electron chi connectivity index (χ1n) is 10.9. The summed E-state index contributed by atoms with van der Waals surface area (Å²) in [4.78, 5) is 23.2. The van der Waals surface area contributed by atoms with Crippen molar-refractivity contribution in [3.05, 3.63) is 0 Å². The zero-order valence-electron chi connectivity index (χ0n) is 19.0. The minimum atomic E-state index is -0.459. The van der Waals surface area contributed by atoms with Crippen LogP contribution in [0.1, 0.15) is 53.9 Å². The molecule has 1 amide bonds. The quantitative estimate of drug-likeness (QED) is 0.340. The third-order valence-corrected chi connectivity index (χ3v) is 5.50. The van der Waals surface area contributed by atoms with Crippen molar-refractivity contribution in [3.8, 4) is 0 Å². The van der Waals surface area contributed by atoms with E-state index >= 15 is 0 Å². The number of ether oxygens (including phenoxy) is 1. The highest BCUT2D eigenvalue weighted by molar-refractivity contribution is 14.0. The molecule has 7 nitrogen and oxygen atoms in total. The van der Waals surface area contributed by atoms with Gasteiger partial charge in [-0.15, -0.1) is 24.0 Å². The second-order valence-corrected chi connectivity index (χ2v) is 9.62. The maximum atomic E-state index is 12.2. The van der Waals surface area contributed by atoms with E-state index in [-0.39, 0.29) is 30.1 Å². The SMILES string of the molecule is CC(C)CCN1CCC(CN=C(N)N2CCN(C(=O)OC(C)(C)C)CC2)CC1.I. The second-order valence-electron chi connectivity index (χ2n) is 9.62. The number of piperazine rings is 1. The summed E-state index contributed by atoms with van der Waals surface area (Å²) in [6, 6.07) is 0. The Morgan fingerprint density at radius 2 is 1.62 bits per heavy atom. The second kappa shape index (κ2) is 12.2. The van der Waals surface area contributed by atoms with E-state index in [1.165, 1.54) is 38.9 Å². The van der Waals surface area contributed by atoms with E-state index in [1.807, 2.05) is 20.8 Å². The van der Waals surface area contributed by atoms with Crippen molar-refractivity contribution in [3.63, 3.8) is 0 Å². The van der Waals surface area contributed by atoms with E-state index < -0.39 is 5.60 Å². The molecule has 0 unspecified atom stereocenters. The average Bonchev–Trinajstić information content (AvgIpc) is 2.64. The Kier molecular flexibility index (Phi) is 11.0. The standard InChI is InChI=1S/C21H41N5O2.HI/c1-17(2)6-9-24-10-7-18(8-11-24)16-23-19(22)25-12-14-26(15-13-25)20(27)28-21(3,4)5;/h17-18H,6-16H2,1-5H3,(H2,22,23);1H. The third-order valence-electron chi connectivity index (χ3n) is 5.50. The van der Waals surface area contributed by atoms with Gasteiger partial charge in [0.05, 0.1) is 0 Å². The van der Waals surface area contributed by atoms with Crippen molar-refractivity contribution in [2.24, 2.45) is 22.6 Å². The number of hydrogen-bond acceptors (Lipinski definition) is 4. The van der Waals surface area contributed by atoms with Crippen LogP contribution in [0, 0.1) is 11.8 Å². The van der Waals surface area contributed by atoms with Crippen LogP contribution >= 0.6 is 24.0 Å². The van der Waals surface area contributed by atoms with Crippen molar-refractivity contribution in [2.45, 2.75) is 59.5 Å². The number of likely N-dealkylation sites (tertiary alicyclic amines) is 1. The Balaban J connectivity index is 0.00000420. The number of carbonyl (C=O) groups is 1. The van der Waals surface area contributed by atoms with Gasteiger partial charge in [0.15, 0.2) is 5.96 Å². The molecule has 0 atom stereocenters. The van der Waals surface area contributed by atoms with Gasteiger partial charge in [0.2, 0.25) is 0 Å². The Morgan fingerprint density at radius 3 is 2.14 bits per heavy atom. The van der Waals surface area contributed by atoms with Crippen LogP contribution in [0.2, 0.25) is 0 Å². The summed E-state index contributed by atoms with van der Waals surface area (Å²) in [6.45, 7) is 17.3. The molecule has 0 spiro atoms. The van der Waals surface area contributed by atoms with Crippen LogP contribution in [0.4, 0.5) is 4.79 Å². The number of halogens is 1. The van der Waals surface area contributed by atoms with Gasteiger partial charge in [-0.25, -0.2) is 4.79 Å². The number of amides is 1. The molecule has 170 valence electrons. The average molecular weight is 524 g/mol. The van der Waals surface area contributed by atoms with Crippen LogP contribution in [0.5, 0.6) is 0 Å². The fraction of sp³-hybridized carbons (Fsp3) is 0.905. The molecule has 2 rings (SSSR count). The van der Waals surface area contributed by atoms with Gasteiger partial charge in [-0.2, -0.15) is 0 Å². The van der Waals surface area contributed by atoms with Gasteiger partial charge in [-0.05, 0) is 71.5 Å². The fourth-order valence-electron chi connectivity index (χ4n) is 3.60. The molecule has 0 aromatic heterocycles. The monoisotopic (exact) mass is 523 g/mol. The lowest BCUT2D eigenvalue weighted by Crippen LogP contribution is -2.53. The van der Waals surface area contributed by atoms with Crippen LogP contribution in [-0.4, -0.2) is 84.7 Å². The molecular formula is C21H42IN5O2. The molecule has 0 aliphatic carbocycles. The number of aliphatic imine (C=N–C) groups is 1. The minimum absolute atomic E-state index is 0. The Hall–Kier alpha value is -0.770. The number of piperidine rings is 1. The number of nitrogens with zero attached hydrogens (tertiary/aromatic N) is 4. The predicted octanol–water partition coefficient (Wildman–Crippen LogP) is 3.23. The van der Waals surface area contributed by atoms with Crippen molar-refractivity contribution in [2.75, 3.05) is 52.4 Å². The summed E-state index contributed by atoms with van der Waals surface area (Å²) in [7, 11) is 0. The Morgan fingerprint density at radius 1 is 1.07 bits per heavy atom. The number of nitrogens with two attached hydrogens (primary N) is 1. The highest BCUT2D eigenvalue weighted by Crippen LogP contribution is 2.18. The third kappa shape index (κ3) is 9.72. The van der Waals surface area contributed by atoms with Gasteiger partial charge in [0.25, 0.3) is 0 Å². The number of guanidine groups is 1. The van der Waals surface area contributed by atoms with E-state index in [1.54, 1.807) is 4.90 Å². The molecule has 0 aromatic carbocycles. The molecule has 0 bridgehead atoms. The summed E-state index contributed by atoms with van der Waals surface area (Å²) in [5.74, 6) is 2.03. The summed E-state index contributed by atoms with van der Waals surface area (Å²) in [5.41, 5.74) is 5.77. The molecule has 2 saturated heterocycles. The first-order valence-corrected chi connectivity index (χ1v) is 10.9. The van der Waals surface area contributed by atoms with Crippen LogP contribution < -0.4 is 5.73 Å². The lowest BCUT2D eigenvalue weighted by Gasteiger charge is -2.36. The van der Waals surface area contributed by atoms with E-state index in [2.05, 4.69) is 28.6 Å². The Bertz CT molecular complexity index is 520. The van der Waals surface area contributed by atoms with E-state index in [4.69, 9.17) is 10.5 Å². The molecule has 2 heterocycles. The first kappa shape index (κ1) is 26.3. The molecule has 8 heteroatoms. The largest absolute Gasteiger partial charge is 0.444 e. The lowest BCUT2D eigenvalue weighted by molar-refractivity contribution is 0.0186. The summed E-state index contributed by atoms with van der Waals surface area (Å²) >= 11 is 0. The number of hydrogen-bond donors (Lipinski definition) is 1. The molecular weight excluding hydrogens is 481 g/mol. The summed E-state index contributed by atoms with van der Waals surface area (Å²) < 4.78 is 5.44. The molecule has 0 saturated carbocycles. The zero-order chi connectivity index (χ0) is 20.7. The summed E-state index contributed by atoms with van der Waals surface area (Å²) in [6.07, 6.45) is 3.46. The van der Waals surface area contributed by atoms with E-state index in [9.17, 15) is 4.79 Å². The van der Waals surface area contributed by atoms with Gasteiger partial charge in [0.1, 0.15) is 5.60 Å². The molecule has 2 aliphatic heterocycles. The van der Waals surface area contributed by atoms with Crippen LogP contribution in [0.3, 0.4) is 0 Å². The minimum Gasteiger partial charge on any atom is -0.444 e. The zero-order valence-corrected chi connectivity index (χ0v) is 21.4. The summed E-state index contributed by atoms with van der Waals surface area (Å²) in [5, 5.41) is 0. The van der Waals surface area contributed by atoms with E-state index in [0.29, 0.717) is 38.1 Å². The van der Waals surface area contributed by atoms with Gasteiger partial charge in [0, 0.05) is 32.7 Å². The molecule has 29 heavy (non-hydrogen) atoms. The first-order chi connectivity index (χ1) is 13.1. The lowest BCUT2D eigenvalue weighted by atomic mass is 9.96. The maximum absolute atomic E-state index is 12.2. The smallest absolute Gasteiger partial charge is 0.410 e. The van der Waals surface area contributed by atoms with Crippen molar-refractivity contribution in [1.82, 2.24) is 14.7 Å². The van der Waals surface area contributed by atoms with Gasteiger partial charge >= 0.3 is 6.09 Å². The number of carbonyl (C=O) groups excluding carboxylic acids is 1. The molecule has 0 radical (unpaired) electrons. The van der Waals surface area contributed by atoms with Gasteiger partial charge < -0.3 is 25.2 Å².